The van der Waals surface area contributed by atoms with Crippen molar-refractivity contribution in [2.75, 3.05) is 46.6 Å². The Morgan fingerprint density at radius 3 is 2.72 bits per heavy atom. The van der Waals surface area contributed by atoms with Crippen molar-refractivity contribution in [2.24, 2.45) is 0 Å². The van der Waals surface area contributed by atoms with Crippen LogP contribution in [0, 0.1) is 0 Å². The van der Waals surface area contributed by atoms with Gasteiger partial charge in [0.25, 0.3) is 11.8 Å². The molecule has 0 aliphatic carbocycles. The molecule has 0 unspecified atom stereocenters. The fourth-order valence-electron chi connectivity index (χ4n) is 2.87. The third-order valence-corrected chi connectivity index (χ3v) is 5.20. The molecule has 0 bridgehead atoms. The highest BCUT2D eigenvalue weighted by molar-refractivity contribution is 6.42. The number of rotatable bonds is 12. The van der Waals surface area contributed by atoms with Gasteiger partial charge in [-0.05, 0) is 37.0 Å². The molecule has 0 fully saturated rings. The number of amides is 2. The summed E-state index contributed by atoms with van der Waals surface area (Å²) < 4.78 is 10.2. The summed E-state index contributed by atoms with van der Waals surface area (Å²) >= 11 is 11.9. The molecule has 7 nitrogen and oxygen atoms in total. The van der Waals surface area contributed by atoms with Crippen molar-refractivity contribution in [1.82, 2.24) is 10.2 Å². The van der Waals surface area contributed by atoms with Gasteiger partial charge in [0.15, 0.2) is 5.76 Å². The van der Waals surface area contributed by atoms with Crippen molar-refractivity contribution in [2.45, 2.75) is 19.3 Å². The van der Waals surface area contributed by atoms with Crippen LogP contribution in [-0.4, -0.2) is 68.4 Å². The van der Waals surface area contributed by atoms with Crippen molar-refractivity contribution in [3.05, 3.63) is 45.1 Å². The Bertz CT molecular complexity index is 754. The number of aliphatic hydroxyl groups excluding tert-OH is 1. The zero-order chi connectivity index (χ0) is 21.2. The summed E-state index contributed by atoms with van der Waals surface area (Å²) in [6.07, 6.45) is 2.02. The summed E-state index contributed by atoms with van der Waals surface area (Å²) in [6, 6.07) is 5.42. The van der Waals surface area contributed by atoms with Gasteiger partial charge in [-0.2, -0.15) is 0 Å². The van der Waals surface area contributed by atoms with Crippen molar-refractivity contribution < 1.29 is 24.2 Å². The van der Waals surface area contributed by atoms with Crippen LogP contribution < -0.4 is 5.32 Å². The van der Waals surface area contributed by atoms with E-state index in [0.717, 1.165) is 12.0 Å². The summed E-state index contributed by atoms with van der Waals surface area (Å²) in [5.74, 6) is -1.43. The van der Waals surface area contributed by atoms with E-state index < -0.39 is 17.6 Å². The largest absolute Gasteiger partial charge is 0.503 e. The molecular weight excluding hydrogens is 419 g/mol. The highest BCUT2D eigenvalue weighted by Gasteiger charge is 2.33. The second-order valence-corrected chi connectivity index (χ2v) is 7.43. The molecule has 1 aromatic rings. The molecule has 0 aromatic heterocycles. The number of ether oxygens (including phenoxy) is 2. The van der Waals surface area contributed by atoms with E-state index in [1.165, 1.54) is 4.90 Å². The van der Waals surface area contributed by atoms with Crippen molar-refractivity contribution >= 4 is 35.0 Å². The van der Waals surface area contributed by atoms with Gasteiger partial charge in [0.1, 0.15) is 0 Å². The van der Waals surface area contributed by atoms with Crippen molar-refractivity contribution in [1.29, 1.82) is 0 Å². The Labute approximate surface area is 180 Å². The normalized spacial score (nSPS) is 14.0. The Morgan fingerprint density at radius 1 is 1.21 bits per heavy atom. The standard InChI is InChI=1S/C20H26Cl2N2O5/c1-28-10-11-29-9-3-8-24-13-15(18(25)20(24)27)19(26)23-7-2-4-14-5-6-16(21)17(22)12-14/h5-6,12,25H,2-4,7-11,13H2,1H3,(H,23,26). The molecule has 0 spiro atoms. The lowest BCUT2D eigenvalue weighted by atomic mass is 10.1. The topological polar surface area (TPSA) is 88.1 Å². The zero-order valence-electron chi connectivity index (χ0n) is 16.4. The van der Waals surface area contributed by atoms with Gasteiger partial charge in [-0.3, -0.25) is 9.59 Å². The number of carbonyl (C=O) groups is 2. The minimum absolute atomic E-state index is 0.0986. The fourth-order valence-corrected chi connectivity index (χ4v) is 3.20. The van der Waals surface area contributed by atoms with Gasteiger partial charge in [0.05, 0.1) is 35.4 Å². The Kier molecular flexibility index (Phi) is 9.73. The number of aliphatic hydroxyl groups is 1. The van der Waals surface area contributed by atoms with Crippen LogP contribution in [0.1, 0.15) is 18.4 Å². The van der Waals surface area contributed by atoms with Crippen LogP contribution in [-0.2, 0) is 25.5 Å². The SMILES string of the molecule is COCCOCCCN1CC(C(=O)NCCCc2ccc(Cl)c(Cl)c2)=C(O)C1=O. The second-order valence-electron chi connectivity index (χ2n) is 6.62. The van der Waals surface area contributed by atoms with E-state index in [9.17, 15) is 14.7 Å². The van der Waals surface area contributed by atoms with Crippen LogP contribution in [0.2, 0.25) is 10.0 Å². The molecule has 0 saturated heterocycles. The van der Waals surface area contributed by atoms with E-state index in [2.05, 4.69) is 5.32 Å². The maximum absolute atomic E-state index is 12.3. The number of methoxy groups -OCH3 is 1. The van der Waals surface area contributed by atoms with Gasteiger partial charge in [-0.15, -0.1) is 0 Å². The first-order chi connectivity index (χ1) is 13.9. The maximum Gasteiger partial charge on any atom is 0.289 e. The number of halogens is 2. The van der Waals surface area contributed by atoms with Crippen molar-refractivity contribution in [3.8, 4) is 0 Å². The number of hydrogen-bond acceptors (Lipinski definition) is 5. The van der Waals surface area contributed by atoms with E-state index in [-0.39, 0.29) is 12.1 Å². The molecule has 2 N–H and O–H groups in total. The molecule has 1 aromatic carbocycles. The summed E-state index contributed by atoms with van der Waals surface area (Å²) in [6.45, 7) is 2.40. The molecule has 1 aliphatic heterocycles. The molecule has 2 amide bonds. The predicted molar refractivity (Wildman–Crippen MR) is 111 cm³/mol. The zero-order valence-corrected chi connectivity index (χ0v) is 17.9. The predicted octanol–water partition coefficient (Wildman–Crippen LogP) is 2.75. The van der Waals surface area contributed by atoms with Gasteiger partial charge in [-0.25, -0.2) is 0 Å². The van der Waals surface area contributed by atoms with E-state index in [4.69, 9.17) is 32.7 Å². The molecule has 0 radical (unpaired) electrons. The summed E-state index contributed by atoms with van der Waals surface area (Å²) in [7, 11) is 1.60. The van der Waals surface area contributed by atoms with Crippen molar-refractivity contribution in [3.63, 3.8) is 0 Å². The van der Waals surface area contributed by atoms with Gasteiger partial charge >= 0.3 is 0 Å². The van der Waals surface area contributed by atoms with Gasteiger partial charge in [0.2, 0.25) is 0 Å². The first kappa shape index (κ1) is 23.5. The van der Waals surface area contributed by atoms with Crippen LogP contribution in [0.25, 0.3) is 0 Å². The molecule has 0 saturated carbocycles. The third-order valence-electron chi connectivity index (χ3n) is 4.46. The molecular formula is C20H26Cl2N2O5. The monoisotopic (exact) mass is 444 g/mol. The van der Waals surface area contributed by atoms with E-state index in [0.29, 0.717) is 55.8 Å². The van der Waals surface area contributed by atoms with E-state index in [1.807, 2.05) is 6.07 Å². The highest BCUT2D eigenvalue weighted by atomic mass is 35.5. The highest BCUT2D eigenvalue weighted by Crippen LogP contribution is 2.23. The second kappa shape index (κ2) is 12.0. The lowest BCUT2D eigenvalue weighted by Gasteiger charge is -2.16. The number of carbonyl (C=O) groups excluding carboxylic acids is 2. The molecule has 9 heteroatoms. The van der Waals surface area contributed by atoms with Crippen LogP contribution in [0.15, 0.2) is 29.5 Å². The number of aryl methyl sites for hydroxylation is 1. The summed E-state index contributed by atoms with van der Waals surface area (Å²) in [4.78, 5) is 25.9. The van der Waals surface area contributed by atoms with Gasteiger partial charge in [0, 0.05) is 26.8 Å². The summed E-state index contributed by atoms with van der Waals surface area (Å²) in [5.41, 5.74) is 1.12. The first-order valence-corrected chi connectivity index (χ1v) is 10.2. The van der Waals surface area contributed by atoms with Crippen LogP contribution >= 0.6 is 23.2 Å². The average Bonchev–Trinajstić information content (AvgIpc) is 2.99. The lowest BCUT2D eigenvalue weighted by Crippen LogP contribution is -2.31. The van der Waals surface area contributed by atoms with Crippen LogP contribution in [0.4, 0.5) is 0 Å². The number of nitrogens with one attached hydrogen (secondary N) is 1. The molecule has 2 rings (SSSR count). The van der Waals surface area contributed by atoms with Gasteiger partial charge < -0.3 is 24.8 Å². The van der Waals surface area contributed by atoms with E-state index >= 15 is 0 Å². The maximum atomic E-state index is 12.3. The quantitative estimate of drug-likeness (QED) is 0.483. The third kappa shape index (κ3) is 7.19. The molecule has 1 aliphatic rings. The fraction of sp³-hybridized carbons (Fsp3) is 0.500. The van der Waals surface area contributed by atoms with Crippen LogP contribution in [0.3, 0.4) is 0 Å². The van der Waals surface area contributed by atoms with Gasteiger partial charge in [-0.1, -0.05) is 29.3 Å². The molecule has 1 heterocycles. The molecule has 29 heavy (non-hydrogen) atoms. The van der Waals surface area contributed by atoms with Crippen LogP contribution in [0.5, 0.6) is 0 Å². The smallest absolute Gasteiger partial charge is 0.289 e. The summed E-state index contributed by atoms with van der Waals surface area (Å²) in [5, 5.41) is 13.8. The first-order valence-electron chi connectivity index (χ1n) is 9.44. The van der Waals surface area contributed by atoms with E-state index in [1.54, 1.807) is 19.2 Å². The Hall–Kier alpha value is -1.80. The Morgan fingerprint density at radius 2 is 2.00 bits per heavy atom. The number of nitrogens with zero attached hydrogens (tertiary/aromatic N) is 1. The molecule has 160 valence electrons. The number of hydrogen-bond donors (Lipinski definition) is 2. The minimum atomic E-state index is -0.525. The number of benzene rings is 1. The lowest BCUT2D eigenvalue weighted by molar-refractivity contribution is -0.128. The average molecular weight is 445 g/mol. The Balaban J connectivity index is 1.71. The molecule has 0 atom stereocenters. The minimum Gasteiger partial charge on any atom is -0.503 e.